The molecule has 0 atom stereocenters. The van der Waals surface area contributed by atoms with Crippen molar-refractivity contribution in [3.05, 3.63) is 35.4 Å². The first kappa shape index (κ1) is 19.7. The van der Waals surface area contributed by atoms with E-state index in [0.29, 0.717) is 0 Å². The summed E-state index contributed by atoms with van der Waals surface area (Å²) in [5.41, 5.74) is 2.70. The first-order chi connectivity index (χ1) is 12.3. The fraction of sp³-hybridized carbons (Fsp3) is 0.650. The lowest BCUT2D eigenvalue weighted by atomic mass is 10.1. The molecule has 5 heteroatoms. The minimum absolute atomic E-state index is 0.729. The van der Waals surface area contributed by atoms with E-state index < -0.39 is 0 Å². The Morgan fingerprint density at radius 2 is 1.84 bits per heavy atom. The molecule has 2 rings (SSSR count). The summed E-state index contributed by atoms with van der Waals surface area (Å²) in [6, 6.07) is 8.56. The van der Waals surface area contributed by atoms with E-state index in [1.54, 1.807) is 0 Å². The highest BCUT2D eigenvalue weighted by Crippen LogP contribution is 2.10. The quantitative estimate of drug-likeness (QED) is 0.410. The maximum Gasteiger partial charge on any atom is 0.191 e. The second-order valence-electron chi connectivity index (χ2n) is 6.41. The lowest BCUT2D eigenvalue weighted by molar-refractivity contribution is 0.0372. The number of hydrogen-bond donors (Lipinski definition) is 2. The van der Waals surface area contributed by atoms with Crippen molar-refractivity contribution in [2.75, 3.05) is 45.9 Å². The number of guanidine groups is 1. The second-order valence-corrected chi connectivity index (χ2v) is 6.41. The van der Waals surface area contributed by atoms with Crippen molar-refractivity contribution in [2.45, 2.75) is 39.7 Å². The first-order valence-electron chi connectivity index (χ1n) is 9.72. The van der Waals surface area contributed by atoms with Gasteiger partial charge in [-0.1, -0.05) is 31.2 Å². The zero-order chi connectivity index (χ0) is 17.7. The highest BCUT2D eigenvalue weighted by atomic mass is 16.5. The van der Waals surface area contributed by atoms with E-state index in [2.05, 4.69) is 53.6 Å². The monoisotopic (exact) mass is 346 g/mol. The molecule has 1 heterocycles. The van der Waals surface area contributed by atoms with E-state index in [1.807, 2.05) is 0 Å². The van der Waals surface area contributed by atoms with Crippen molar-refractivity contribution >= 4 is 5.96 Å². The summed E-state index contributed by atoms with van der Waals surface area (Å²) < 4.78 is 5.39. The van der Waals surface area contributed by atoms with Gasteiger partial charge in [-0.05, 0) is 43.9 Å². The molecular formula is C20H34N4O. The van der Waals surface area contributed by atoms with Gasteiger partial charge in [0.25, 0.3) is 0 Å². The highest BCUT2D eigenvalue weighted by Gasteiger charge is 2.09. The van der Waals surface area contributed by atoms with E-state index in [9.17, 15) is 0 Å². The molecule has 1 aliphatic rings. The maximum atomic E-state index is 5.39. The van der Waals surface area contributed by atoms with Crippen LogP contribution in [0, 0.1) is 0 Å². The van der Waals surface area contributed by atoms with Crippen LogP contribution < -0.4 is 10.6 Å². The minimum atomic E-state index is 0.729. The van der Waals surface area contributed by atoms with Gasteiger partial charge < -0.3 is 15.4 Å². The van der Waals surface area contributed by atoms with Crippen LogP contribution >= 0.6 is 0 Å². The Hall–Kier alpha value is -1.59. The molecule has 1 fully saturated rings. The Kier molecular flexibility index (Phi) is 9.37. The van der Waals surface area contributed by atoms with Crippen LogP contribution in [0.15, 0.2) is 29.3 Å². The number of unbranched alkanes of at least 4 members (excludes halogenated alkanes) is 1. The molecule has 1 aromatic rings. The number of morpholine rings is 1. The van der Waals surface area contributed by atoms with Gasteiger partial charge in [0.1, 0.15) is 0 Å². The summed E-state index contributed by atoms with van der Waals surface area (Å²) >= 11 is 0. The lowest BCUT2D eigenvalue weighted by Crippen LogP contribution is -2.39. The zero-order valence-electron chi connectivity index (χ0n) is 15.9. The molecule has 25 heavy (non-hydrogen) atoms. The van der Waals surface area contributed by atoms with Crippen LogP contribution in [0.2, 0.25) is 0 Å². The van der Waals surface area contributed by atoms with Gasteiger partial charge in [0, 0.05) is 26.2 Å². The normalized spacial score (nSPS) is 16.0. The van der Waals surface area contributed by atoms with Crippen molar-refractivity contribution in [1.29, 1.82) is 0 Å². The number of ether oxygens (including phenoxy) is 1. The van der Waals surface area contributed by atoms with Gasteiger partial charge in [-0.25, -0.2) is 4.99 Å². The number of aliphatic imine (C=N–C) groups is 1. The molecular weight excluding hydrogens is 312 g/mol. The van der Waals surface area contributed by atoms with Gasteiger partial charge in [0.15, 0.2) is 5.96 Å². The minimum Gasteiger partial charge on any atom is -0.379 e. The molecule has 1 saturated heterocycles. The van der Waals surface area contributed by atoms with Gasteiger partial charge in [-0.3, -0.25) is 4.90 Å². The number of nitrogens with zero attached hydrogens (tertiary/aromatic N) is 2. The van der Waals surface area contributed by atoms with Crippen molar-refractivity contribution in [2.24, 2.45) is 4.99 Å². The third kappa shape index (κ3) is 7.45. The second kappa shape index (κ2) is 11.9. The molecule has 0 bridgehead atoms. The predicted octanol–water partition coefficient (Wildman–Crippen LogP) is 2.42. The molecule has 0 saturated carbocycles. The Morgan fingerprint density at radius 1 is 1.08 bits per heavy atom. The summed E-state index contributed by atoms with van der Waals surface area (Å²) in [7, 11) is 0. The molecule has 0 spiro atoms. The number of nitrogens with one attached hydrogen (secondary N) is 2. The largest absolute Gasteiger partial charge is 0.379 e. The predicted molar refractivity (Wildman–Crippen MR) is 105 cm³/mol. The maximum absolute atomic E-state index is 5.39. The Labute approximate surface area is 152 Å². The average Bonchev–Trinajstić information content (AvgIpc) is 2.66. The molecule has 0 radical (unpaired) electrons. The SMILES string of the molecule is CCNC(=NCc1ccccc1CC)NCCCCN1CCOCC1. The molecule has 1 aromatic carbocycles. The Bertz CT molecular complexity index is 512. The van der Waals surface area contributed by atoms with E-state index >= 15 is 0 Å². The molecule has 0 aromatic heterocycles. The fourth-order valence-electron chi connectivity index (χ4n) is 3.05. The third-order valence-corrected chi connectivity index (χ3v) is 4.55. The van der Waals surface area contributed by atoms with Crippen LogP contribution in [0.1, 0.15) is 37.8 Å². The molecule has 0 amide bonds. The zero-order valence-corrected chi connectivity index (χ0v) is 15.9. The van der Waals surface area contributed by atoms with Crippen LogP contribution in [0.4, 0.5) is 0 Å². The summed E-state index contributed by atoms with van der Waals surface area (Å²) in [6.07, 6.45) is 3.43. The Balaban J connectivity index is 1.71. The molecule has 2 N–H and O–H groups in total. The summed E-state index contributed by atoms with van der Waals surface area (Å²) in [5, 5.41) is 6.80. The van der Waals surface area contributed by atoms with Crippen molar-refractivity contribution in [3.8, 4) is 0 Å². The standard InChI is InChI=1S/C20H34N4O/c1-3-18-9-5-6-10-19(18)17-23-20(21-4-2)22-11-7-8-12-24-13-15-25-16-14-24/h5-6,9-10H,3-4,7-8,11-17H2,1-2H3,(H2,21,22,23). The number of aryl methyl sites for hydroxylation is 1. The fourth-order valence-corrected chi connectivity index (χ4v) is 3.05. The van der Waals surface area contributed by atoms with Crippen LogP contribution in [-0.2, 0) is 17.7 Å². The summed E-state index contributed by atoms with van der Waals surface area (Å²) in [5.74, 6) is 0.916. The van der Waals surface area contributed by atoms with Crippen molar-refractivity contribution in [1.82, 2.24) is 15.5 Å². The molecule has 5 nitrogen and oxygen atoms in total. The van der Waals surface area contributed by atoms with E-state index in [0.717, 1.165) is 64.7 Å². The lowest BCUT2D eigenvalue weighted by Gasteiger charge is -2.26. The molecule has 0 unspecified atom stereocenters. The van der Waals surface area contributed by atoms with Crippen LogP contribution in [0.3, 0.4) is 0 Å². The van der Waals surface area contributed by atoms with Gasteiger partial charge >= 0.3 is 0 Å². The van der Waals surface area contributed by atoms with Crippen molar-refractivity contribution in [3.63, 3.8) is 0 Å². The highest BCUT2D eigenvalue weighted by molar-refractivity contribution is 5.79. The van der Waals surface area contributed by atoms with Crippen LogP contribution in [-0.4, -0.2) is 56.8 Å². The number of rotatable bonds is 9. The Morgan fingerprint density at radius 3 is 2.56 bits per heavy atom. The summed E-state index contributed by atoms with van der Waals surface area (Å²) in [6.45, 7) is 12.0. The third-order valence-electron chi connectivity index (χ3n) is 4.55. The number of hydrogen-bond acceptors (Lipinski definition) is 3. The van der Waals surface area contributed by atoms with Gasteiger partial charge in [0.2, 0.25) is 0 Å². The molecule has 140 valence electrons. The van der Waals surface area contributed by atoms with E-state index in [1.165, 1.54) is 24.1 Å². The molecule has 0 aliphatic carbocycles. The molecule has 1 aliphatic heterocycles. The topological polar surface area (TPSA) is 48.9 Å². The average molecular weight is 347 g/mol. The van der Waals surface area contributed by atoms with E-state index in [4.69, 9.17) is 9.73 Å². The van der Waals surface area contributed by atoms with E-state index in [-0.39, 0.29) is 0 Å². The van der Waals surface area contributed by atoms with Crippen LogP contribution in [0.5, 0.6) is 0 Å². The van der Waals surface area contributed by atoms with Crippen molar-refractivity contribution < 1.29 is 4.74 Å². The van der Waals surface area contributed by atoms with Gasteiger partial charge in [-0.15, -0.1) is 0 Å². The summed E-state index contributed by atoms with van der Waals surface area (Å²) in [4.78, 5) is 7.24. The van der Waals surface area contributed by atoms with Gasteiger partial charge in [0.05, 0.1) is 19.8 Å². The smallest absolute Gasteiger partial charge is 0.191 e. The number of benzene rings is 1. The first-order valence-corrected chi connectivity index (χ1v) is 9.72. The van der Waals surface area contributed by atoms with Crippen LogP contribution in [0.25, 0.3) is 0 Å². The van der Waals surface area contributed by atoms with Gasteiger partial charge in [-0.2, -0.15) is 0 Å².